The van der Waals surface area contributed by atoms with Gasteiger partial charge >= 0.3 is 12.1 Å². The van der Waals surface area contributed by atoms with Crippen LogP contribution in [0.5, 0.6) is 0 Å². The van der Waals surface area contributed by atoms with E-state index in [2.05, 4.69) is 21.5 Å². The second kappa shape index (κ2) is 10.1. The Morgan fingerprint density at radius 3 is 2.47 bits per heavy atom. The number of aromatic nitrogens is 1. The Morgan fingerprint density at radius 2 is 1.78 bits per heavy atom. The molecule has 0 aliphatic heterocycles. The van der Waals surface area contributed by atoms with Crippen molar-refractivity contribution in [3.05, 3.63) is 94.5 Å². The molecule has 36 heavy (non-hydrogen) atoms. The number of sulfonamides is 1. The van der Waals surface area contributed by atoms with Gasteiger partial charge in [-0.3, -0.25) is 9.78 Å². The third-order valence-electron chi connectivity index (χ3n) is 5.07. The maximum absolute atomic E-state index is 12.8. The molecule has 6 nitrogen and oxygen atoms in total. The highest BCUT2D eigenvalue weighted by Gasteiger charge is 2.30. The molecule has 2 N–H and O–H groups in total. The summed E-state index contributed by atoms with van der Waals surface area (Å²) in [5, 5.41) is 10.4. The van der Waals surface area contributed by atoms with Crippen LogP contribution in [0.15, 0.2) is 77.1 Å². The molecule has 0 aliphatic carbocycles. The Morgan fingerprint density at radius 1 is 1.06 bits per heavy atom. The smallest absolute Gasteiger partial charge is 0.416 e. The van der Waals surface area contributed by atoms with Gasteiger partial charge in [-0.2, -0.15) is 17.9 Å². The van der Waals surface area contributed by atoms with Crippen LogP contribution >= 0.6 is 11.3 Å². The Kier molecular flexibility index (Phi) is 7.12. The van der Waals surface area contributed by atoms with Crippen molar-refractivity contribution in [1.29, 1.82) is 0 Å². The number of rotatable bonds is 6. The minimum atomic E-state index is -4.45. The fraction of sp³-hybridized carbons (Fsp3) is 0.120. The molecule has 2 aromatic heterocycles. The quantitative estimate of drug-likeness (QED) is 0.353. The number of aliphatic carboxylic acids is 1. The van der Waals surface area contributed by atoms with Crippen LogP contribution in [0.25, 0.3) is 10.9 Å². The molecular formula is C25H17F3N2O4S2. The molecule has 0 spiro atoms. The van der Waals surface area contributed by atoms with Crippen molar-refractivity contribution in [3.8, 4) is 11.8 Å². The Labute approximate surface area is 208 Å². The largest absolute Gasteiger partial charge is 0.480 e. The molecule has 4 aromatic rings. The lowest BCUT2D eigenvalue weighted by Gasteiger charge is -2.14. The van der Waals surface area contributed by atoms with Gasteiger partial charge in [0, 0.05) is 23.6 Å². The zero-order valence-electron chi connectivity index (χ0n) is 18.3. The van der Waals surface area contributed by atoms with Gasteiger partial charge in [-0.1, -0.05) is 30.0 Å². The Balaban J connectivity index is 1.48. The van der Waals surface area contributed by atoms with E-state index in [0.29, 0.717) is 16.0 Å². The SMILES string of the molecule is O=C(O)[C@H](Cc1cnc2ccccc2c1)NS(=O)(=O)c1ccc(C#Cc2ccc(C(F)(F)F)cc2)s1. The van der Waals surface area contributed by atoms with Crippen LogP contribution in [0.2, 0.25) is 0 Å². The van der Waals surface area contributed by atoms with E-state index in [1.807, 2.05) is 24.3 Å². The molecule has 0 aliphatic rings. The summed E-state index contributed by atoms with van der Waals surface area (Å²) >= 11 is 0.819. The van der Waals surface area contributed by atoms with E-state index in [1.165, 1.54) is 30.5 Å². The number of nitrogens with one attached hydrogen (secondary N) is 1. The Hall–Kier alpha value is -3.72. The summed E-state index contributed by atoms with van der Waals surface area (Å²) in [6.07, 6.45) is -3.06. The first-order valence-electron chi connectivity index (χ1n) is 10.4. The lowest BCUT2D eigenvalue weighted by Crippen LogP contribution is -2.42. The summed E-state index contributed by atoms with van der Waals surface area (Å²) in [5.41, 5.74) is 0.820. The monoisotopic (exact) mass is 530 g/mol. The van der Waals surface area contributed by atoms with Crippen LogP contribution in [0.4, 0.5) is 13.2 Å². The number of thiophene rings is 1. The van der Waals surface area contributed by atoms with E-state index in [9.17, 15) is 31.5 Å². The maximum Gasteiger partial charge on any atom is 0.416 e. The fourth-order valence-corrected chi connectivity index (χ4v) is 5.66. The maximum atomic E-state index is 12.8. The molecule has 0 saturated heterocycles. The van der Waals surface area contributed by atoms with Crippen LogP contribution in [0.1, 0.15) is 21.6 Å². The van der Waals surface area contributed by atoms with Gasteiger partial charge in [-0.05, 0) is 54.1 Å². The number of nitrogens with zero attached hydrogens (tertiary/aromatic N) is 1. The third-order valence-corrected chi connectivity index (χ3v) is 8.04. The Bertz CT molecular complexity index is 1590. The zero-order valence-corrected chi connectivity index (χ0v) is 19.9. The van der Waals surface area contributed by atoms with Crippen LogP contribution in [-0.2, 0) is 27.4 Å². The average molecular weight is 531 g/mol. The third kappa shape index (κ3) is 6.09. The standard InChI is InChI=1S/C25H17F3N2O4S2/c26-25(27,28)19-8-5-16(6-9-19)7-10-20-11-12-23(35-20)36(33,34)30-22(24(31)32)14-17-13-18-3-1-2-4-21(18)29-15-17/h1-6,8-9,11-13,15,22,30H,14H2,(H,31,32)/t22-/m0/s1. The number of para-hydroxylation sites is 1. The number of fused-ring (bicyclic) bond motifs is 1. The van der Waals surface area contributed by atoms with Crippen molar-refractivity contribution in [1.82, 2.24) is 9.71 Å². The predicted octanol–water partition coefficient (Wildman–Crippen LogP) is 4.69. The van der Waals surface area contributed by atoms with Gasteiger partial charge in [-0.15, -0.1) is 11.3 Å². The molecule has 4 rings (SSSR count). The van der Waals surface area contributed by atoms with Gasteiger partial charge in [0.2, 0.25) is 0 Å². The number of halogens is 3. The second-order valence-electron chi connectivity index (χ2n) is 7.70. The van der Waals surface area contributed by atoms with E-state index in [1.54, 1.807) is 6.07 Å². The molecule has 11 heteroatoms. The highest BCUT2D eigenvalue weighted by Crippen LogP contribution is 2.29. The van der Waals surface area contributed by atoms with Crippen molar-refractivity contribution in [2.24, 2.45) is 0 Å². The zero-order chi connectivity index (χ0) is 25.9. The minimum absolute atomic E-state index is 0.113. The van der Waals surface area contributed by atoms with Gasteiger partial charge in [0.05, 0.1) is 16.0 Å². The van der Waals surface area contributed by atoms with Crippen LogP contribution in [-0.4, -0.2) is 30.5 Å². The number of carboxylic acids is 1. The molecule has 0 bridgehead atoms. The van der Waals surface area contributed by atoms with E-state index >= 15 is 0 Å². The van der Waals surface area contributed by atoms with Crippen molar-refractivity contribution in [2.45, 2.75) is 22.8 Å². The number of alkyl halides is 3. The van der Waals surface area contributed by atoms with Crippen LogP contribution in [0.3, 0.4) is 0 Å². The van der Waals surface area contributed by atoms with Gasteiger partial charge in [-0.25, -0.2) is 8.42 Å². The normalized spacial score (nSPS) is 12.6. The molecule has 2 heterocycles. The summed E-state index contributed by atoms with van der Waals surface area (Å²) in [6.45, 7) is 0. The molecular weight excluding hydrogens is 513 g/mol. The summed E-state index contributed by atoms with van der Waals surface area (Å²) in [4.78, 5) is 16.4. The minimum Gasteiger partial charge on any atom is -0.480 e. The lowest BCUT2D eigenvalue weighted by atomic mass is 10.1. The lowest BCUT2D eigenvalue weighted by molar-refractivity contribution is -0.139. The van der Waals surface area contributed by atoms with Crippen molar-refractivity contribution in [3.63, 3.8) is 0 Å². The summed E-state index contributed by atoms with van der Waals surface area (Å²) in [5.74, 6) is 4.06. The highest BCUT2D eigenvalue weighted by molar-refractivity contribution is 7.91. The molecule has 1 atom stereocenters. The molecule has 0 saturated carbocycles. The second-order valence-corrected chi connectivity index (χ2v) is 10.7. The van der Waals surface area contributed by atoms with Crippen LogP contribution in [0, 0.1) is 11.8 Å². The molecule has 0 fully saturated rings. The molecule has 0 radical (unpaired) electrons. The first-order valence-corrected chi connectivity index (χ1v) is 12.7. The first-order chi connectivity index (χ1) is 17.0. The first kappa shape index (κ1) is 25.4. The number of carboxylic acid groups (broad SMARTS) is 1. The number of hydrogen-bond acceptors (Lipinski definition) is 5. The topological polar surface area (TPSA) is 96.4 Å². The average Bonchev–Trinajstić information content (AvgIpc) is 3.32. The predicted molar refractivity (Wildman–Crippen MR) is 129 cm³/mol. The van der Waals surface area contributed by atoms with Gasteiger partial charge < -0.3 is 5.11 Å². The molecule has 2 aromatic carbocycles. The van der Waals surface area contributed by atoms with E-state index in [4.69, 9.17) is 0 Å². The van der Waals surface area contributed by atoms with Crippen molar-refractivity contribution < 1.29 is 31.5 Å². The number of hydrogen-bond donors (Lipinski definition) is 2. The molecule has 184 valence electrons. The van der Waals surface area contributed by atoms with Crippen molar-refractivity contribution >= 4 is 38.2 Å². The number of pyridine rings is 1. The van der Waals surface area contributed by atoms with E-state index in [-0.39, 0.29) is 10.6 Å². The highest BCUT2D eigenvalue weighted by atomic mass is 32.2. The van der Waals surface area contributed by atoms with Gasteiger partial charge in [0.15, 0.2) is 0 Å². The fourth-order valence-electron chi connectivity index (χ4n) is 3.30. The molecule has 0 amide bonds. The summed E-state index contributed by atoms with van der Waals surface area (Å²) in [7, 11) is -4.18. The summed E-state index contributed by atoms with van der Waals surface area (Å²) in [6, 6.07) is 14.6. The number of benzene rings is 2. The van der Waals surface area contributed by atoms with Crippen molar-refractivity contribution in [2.75, 3.05) is 0 Å². The van der Waals surface area contributed by atoms with Gasteiger partial charge in [0.1, 0.15) is 10.3 Å². The number of carbonyl (C=O) groups is 1. The van der Waals surface area contributed by atoms with Gasteiger partial charge in [0.25, 0.3) is 10.0 Å². The van der Waals surface area contributed by atoms with E-state index in [0.717, 1.165) is 34.4 Å². The summed E-state index contributed by atoms with van der Waals surface area (Å²) < 4.78 is 65.8. The molecule has 0 unspecified atom stereocenters. The van der Waals surface area contributed by atoms with E-state index < -0.39 is 33.8 Å². The van der Waals surface area contributed by atoms with Crippen LogP contribution < -0.4 is 4.72 Å².